The lowest BCUT2D eigenvalue weighted by atomic mass is 9.81. The monoisotopic (exact) mass is 301 g/mol. The number of fused-ring (bicyclic) bond motifs is 3. The Labute approximate surface area is 126 Å². The molecule has 22 heavy (non-hydrogen) atoms. The van der Waals surface area contributed by atoms with Crippen LogP contribution >= 0.6 is 0 Å². The molecular formula is C16H16FN3O2. The van der Waals surface area contributed by atoms with Crippen LogP contribution in [0.15, 0.2) is 33.7 Å². The van der Waals surface area contributed by atoms with Crippen molar-refractivity contribution in [3.63, 3.8) is 0 Å². The first-order valence-corrected chi connectivity index (χ1v) is 7.68. The number of nitrogens with one attached hydrogen (secondary N) is 1. The summed E-state index contributed by atoms with van der Waals surface area (Å²) in [5, 5.41) is 0.469. The number of hydrogen-bond acceptors (Lipinski definition) is 5. The highest BCUT2D eigenvalue weighted by Crippen LogP contribution is 2.41. The van der Waals surface area contributed by atoms with Crippen molar-refractivity contribution in [1.29, 1.82) is 0 Å². The van der Waals surface area contributed by atoms with Crippen molar-refractivity contribution in [2.24, 2.45) is 10.9 Å². The Morgan fingerprint density at radius 2 is 2.18 bits per heavy atom. The fourth-order valence-corrected chi connectivity index (χ4v) is 3.85. The van der Waals surface area contributed by atoms with Crippen molar-refractivity contribution in [3.05, 3.63) is 35.8 Å². The molecular weight excluding hydrogens is 285 g/mol. The highest BCUT2D eigenvalue weighted by molar-refractivity contribution is 6.00. The molecule has 4 aliphatic heterocycles. The molecule has 2 bridgehead atoms. The molecule has 5 nitrogen and oxygen atoms in total. The lowest BCUT2D eigenvalue weighted by molar-refractivity contribution is -0.155. The zero-order valence-corrected chi connectivity index (χ0v) is 12.0. The quantitative estimate of drug-likeness (QED) is 0.878. The van der Waals surface area contributed by atoms with Crippen LogP contribution in [-0.2, 0) is 4.84 Å². The van der Waals surface area contributed by atoms with Gasteiger partial charge in [-0.05, 0) is 44.1 Å². The molecule has 1 N–H and O–H groups in total. The number of aliphatic imine (C=N–C) groups is 1. The van der Waals surface area contributed by atoms with Gasteiger partial charge in [-0.25, -0.2) is 19.7 Å². The Hall–Kier alpha value is -1.92. The minimum Gasteiger partial charge on any atom is -0.453 e. The summed E-state index contributed by atoms with van der Waals surface area (Å²) in [5.41, 5.74) is 2.92. The van der Waals surface area contributed by atoms with Crippen LogP contribution in [0, 0.1) is 11.7 Å². The van der Waals surface area contributed by atoms with Crippen LogP contribution in [-0.4, -0.2) is 36.1 Å². The van der Waals surface area contributed by atoms with Crippen LogP contribution in [0.2, 0.25) is 0 Å². The van der Waals surface area contributed by atoms with Crippen LogP contribution < -0.4 is 5.48 Å². The van der Waals surface area contributed by atoms with Gasteiger partial charge in [0.2, 0.25) is 5.72 Å². The summed E-state index contributed by atoms with van der Waals surface area (Å²) in [5.74, 6) is 1.23. The third-order valence-electron chi connectivity index (χ3n) is 5.04. The van der Waals surface area contributed by atoms with E-state index in [-0.39, 0.29) is 5.82 Å². The minimum atomic E-state index is -0.511. The number of furan rings is 1. The van der Waals surface area contributed by atoms with E-state index in [0.717, 1.165) is 32.5 Å². The number of halogens is 1. The molecule has 0 aliphatic carbocycles. The summed E-state index contributed by atoms with van der Waals surface area (Å²) in [6.45, 7) is 3.05. The van der Waals surface area contributed by atoms with Crippen molar-refractivity contribution in [2.75, 3.05) is 19.6 Å². The van der Waals surface area contributed by atoms with Crippen molar-refractivity contribution in [3.8, 4) is 0 Å². The Balaban J connectivity index is 1.55. The maximum absolute atomic E-state index is 13.8. The predicted octanol–water partition coefficient (Wildman–Crippen LogP) is 2.28. The molecule has 2 aromatic rings. The average molecular weight is 301 g/mol. The van der Waals surface area contributed by atoms with Gasteiger partial charge >= 0.3 is 0 Å². The lowest BCUT2D eigenvalue weighted by Crippen LogP contribution is -2.58. The van der Waals surface area contributed by atoms with Gasteiger partial charge in [-0.15, -0.1) is 0 Å². The molecule has 4 aliphatic rings. The zero-order chi connectivity index (χ0) is 14.7. The Bertz CT molecular complexity index is 779. The Kier molecular flexibility index (Phi) is 2.46. The highest BCUT2D eigenvalue weighted by Gasteiger charge is 2.51. The van der Waals surface area contributed by atoms with E-state index < -0.39 is 5.72 Å². The van der Waals surface area contributed by atoms with Gasteiger partial charge in [0.25, 0.3) is 0 Å². The van der Waals surface area contributed by atoms with E-state index in [9.17, 15) is 4.39 Å². The number of hydroxylamine groups is 1. The second-order valence-electron chi connectivity index (χ2n) is 6.32. The van der Waals surface area contributed by atoms with Crippen LogP contribution in [0.4, 0.5) is 4.39 Å². The van der Waals surface area contributed by atoms with Crippen molar-refractivity contribution >= 4 is 16.8 Å². The van der Waals surface area contributed by atoms with Gasteiger partial charge in [0, 0.05) is 5.92 Å². The van der Waals surface area contributed by atoms with E-state index in [1.165, 1.54) is 6.07 Å². The lowest BCUT2D eigenvalue weighted by Gasteiger charge is -2.47. The summed E-state index contributed by atoms with van der Waals surface area (Å²) in [6.07, 6.45) is 2.21. The molecule has 1 aromatic carbocycles. The molecule has 0 saturated carbocycles. The topological polar surface area (TPSA) is 50.0 Å². The minimum absolute atomic E-state index is 0.287. The number of rotatable bonds is 1. The first-order valence-electron chi connectivity index (χ1n) is 7.68. The third-order valence-corrected chi connectivity index (χ3v) is 5.04. The normalized spacial score (nSPS) is 33.4. The van der Waals surface area contributed by atoms with E-state index in [1.807, 2.05) is 0 Å². The first-order chi connectivity index (χ1) is 10.7. The van der Waals surface area contributed by atoms with Gasteiger partial charge in [-0.2, -0.15) is 0 Å². The highest BCUT2D eigenvalue weighted by atomic mass is 19.1. The summed E-state index contributed by atoms with van der Waals surface area (Å²) < 4.78 is 19.5. The number of hydrogen-bond donors (Lipinski definition) is 1. The zero-order valence-electron chi connectivity index (χ0n) is 12.0. The van der Waals surface area contributed by atoms with Gasteiger partial charge in [-0.3, -0.25) is 4.90 Å². The summed E-state index contributed by atoms with van der Waals surface area (Å²) in [7, 11) is 0. The van der Waals surface area contributed by atoms with Crippen molar-refractivity contribution in [1.82, 2.24) is 10.4 Å². The second-order valence-corrected chi connectivity index (χ2v) is 6.32. The standard InChI is InChI=1S/C16H16FN3O2/c17-12-2-1-3-13-11(12)8-14(21-13)15-18-16(22-19-15)9-20-6-4-10(16)5-7-20/h1-3,8,10H,4-7,9H2,(H,18,19)/t16-/m1/s1. The predicted molar refractivity (Wildman–Crippen MR) is 78.8 cm³/mol. The van der Waals surface area contributed by atoms with E-state index in [4.69, 9.17) is 14.2 Å². The van der Waals surface area contributed by atoms with Gasteiger partial charge < -0.3 is 4.42 Å². The number of nitrogens with zero attached hydrogens (tertiary/aromatic N) is 2. The third kappa shape index (κ3) is 1.68. The Morgan fingerprint density at radius 1 is 1.32 bits per heavy atom. The van der Waals surface area contributed by atoms with E-state index in [2.05, 4.69) is 10.4 Å². The molecule has 3 saturated heterocycles. The van der Waals surface area contributed by atoms with E-state index >= 15 is 0 Å². The Morgan fingerprint density at radius 3 is 2.91 bits per heavy atom. The maximum atomic E-state index is 13.8. The van der Waals surface area contributed by atoms with Gasteiger partial charge in [0.1, 0.15) is 11.4 Å². The van der Waals surface area contributed by atoms with Gasteiger partial charge in [-0.1, -0.05) is 6.07 Å². The number of amidine groups is 1. The molecule has 5 heterocycles. The van der Waals surface area contributed by atoms with Gasteiger partial charge in [0.15, 0.2) is 11.6 Å². The fourth-order valence-electron chi connectivity index (χ4n) is 3.85. The van der Waals surface area contributed by atoms with E-state index in [0.29, 0.717) is 28.5 Å². The maximum Gasteiger partial charge on any atom is 0.203 e. The van der Waals surface area contributed by atoms with Crippen molar-refractivity contribution in [2.45, 2.75) is 18.6 Å². The molecule has 6 heteroatoms. The van der Waals surface area contributed by atoms with Gasteiger partial charge in [0.05, 0.1) is 11.9 Å². The molecule has 0 unspecified atom stereocenters. The summed E-state index contributed by atoms with van der Waals surface area (Å²) in [4.78, 5) is 13.0. The molecule has 1 atom stereocenters. The number of benzene rings is 1. The number of piperidine rings is 3. The largest absolute Gasteiger partial charge is 0.453 e. The van der Waals surface area contributed by atoms with Crippen LogP contribution in [0.1, 0.15) is 18.6 Å². The van der Waals surface area contributed by atoms with Crippen LogP contribution in [0.5, 0.6) is 0 Å². The first kappa shape index (κ1) is 12.6. The molecule has 1 aromatic heterocycles. The fraction of sp³-hybridized carbons (Fsp3) is 0.438. The summed E-state index contributed by atoms with van der Waals surface area (Å²) >= 11 is 0. The van der Waals surface area contributed by atoms with Crippen molar-refractivity contribution < 1.29 is 13.6 Å². The molecule has 114 valence electrons. The smallest absolute Gasteiger partial charge is 0.203 e. The molecule has 0 amide bonds. The SMILES string of the molecule is Fc1cccc2oc(C3=N[C@]4(CN5CCC4CC5)ON3)cc12. The van der Waals surface area contributed by atoms with Crippen LogP contribution in [0.25, 0.3) is 11.0 Å². The van der Waals surface area contributed by atoms with E-state index in [1.54, 1.807) is 18.2 Å². The second kappa shape index (κ2) is 4.30. The summed E-state index contributed by atoms with van der Waals surface area (Å²) in [6, 6.07) is 6.50. The molecule has 1 spiro atoms. The molecule has 3 fully saturated rings. The average Bonchev–Trinajstić information content (AvgIpc) is 3.14. The van der Waals surface area contributed by atoms with Crippen LogP contribution in [0.3, 0.4) is 0 Å². The molecule has 6 rings (SSSR count). The molecule has 0 radical (unpaired) electrons.